The van der Waals surface area contributed by atoms with Crippen LogP contribution in [0.2, 0.25) is 0 Å². The summed E-state index contributed by atoms with van der Waals surface area (Å²) >= 11 is 0. The first-order chi connectivity index (χ1) is 8.95. The molecule has 1 rings (SSSR count). The van der Waals surface area contributed by atoms with Crippen molar-refractivity contribution in [3.05, 3.63) is 35.6 Å². The first-order valence-corrected chi connectivity index (χ1v) is 7.12. The Bertz CT molecular complexity index is 392. The summed E-state index contributed by atoms with van der Waals surface area (Å²) in [6, 6.07) is 7.07. The van der Waals surface area contributed by atoms with Crippen LogP contribution >= 0.6 is 0 Å². The second-order valence-electron chi connectivity index (χ2n) is 5.55. The summed E-state index contributed by atoms with van der Waals surface area (Å²) in [5, 5.41) is 3.58. The second kappa shape index (κ2) is 7.01. The molecule has 1 aromatic rings. The van der Waals surface area contributed by atoms with Gasteiger partial charge in [-0.1, -0.05) is 26.0 Å². The maximum Gasteiger partial charge on any atom is 0.123 e. The fraction of sp³-hybridized carbons (Fsp3) is 0.625. The van der Waals surface area contributed by atoms with Gasteiger partial charge in [-0.15, -0.1) is 0 Å². The van der Waals surface area contributed by atoms with Gasteiger partial charge in [0.15, 0.2) is 0 Å². The molecule has 2 nitrogen and oxygen atoms in total. The minimum atomic E-state index is -0.169. The second-order valence-corrected chi connectivity index (χ2v) is 5.55. The number of rotatable bonds is 7. The van der Waals surface area contributed by atoms with E-state index in [2.05, 4.69) is 45.1 Å². The lowest BCUT2D eigenvalue weighted by Gasteiger charge is -2.43. The third-order valence-corrected chi connectivity index (χ3v) is 4.14. The topological polar surface area (TPSA) is 15.3 Å². The van der Waals surface area contributed by atoms with Crippen molar-refractivity contribution in [2.75, 3.05) is 20.6 Å². The zero-order valence-corrected chi connectivity index (χ0v) is 12.8. The lowest BCUT2D eigenvalue weighted by molar-refractivity contribution is 0.112. The zero-order chi connectivity index (χ0) is 14.5. The highest BCUT2D eigenvalue weighted by Gasteiger charge is 2.35. The molecule has 2 atom stereocenters. The number of nitrogens with one attached hydrogen (secondary N) is 1. The van der Waals surface area contributed by atoms with Crippen molar-refractivity contribution in [1.82, 2.24) is 10.2 Å². The monoisotopic (exact) mass is 266 g/mol. The molecular weight excluding hydrogens is 239 g/mol. The number of likely N-dealkylation sites (N-methyl/N-ethyl adjacent to an activating group) is 1. The van der Waals surface area contributed by atoms with Gasteiger partial charge in [-0.05, 0) is 58.1 Å². The molecule has 0 amide bonds. The standard InChI is InChI=1S/C16H27FN2/c1-6-11-18-15(16(3,7-2)19(4)5)13-9-8-10-14(17)12-13/h8-10,12,15,18H,6-7,11H2,1-5H3. The molecule has 0 aromatic heterocycles. The smallest absolute Gasteiger partial charge is 0.123 e. The van der Waals surface area contributed by atoms with Gasteiger partial charge in [0.05, 0.1) is 6.04 Å². The normalized spacial score (nSPS) is 16.4. The Labute approximate surface area is 117 Å². The molecule has 0 bridgehead atoms. The fourth-order valence-corrected chi connectivity index (χ4v) is 2.45. The Hall–Kier alpha value is -0.930. The minimum absolute atomic E-state index is 0.0387. The van der Waals surface area contributed by atoms with Crippen molar-refractivity contribution in [3.8, 4) is 0 Å². The van der Waals surface area contributed by atoms with E-state index in [0.717, 1.165) is 24.9 Å². The molecule has 1 aromatic carbocycles. The van der Waals surface area contributed by atoms with Gasteiger partial charge in [0.2, 0.25) is 0 Å². The fourth-order valence-electron chi connectivity index (χ4n) is 2.45. The minimum Gasteiger partial charge on any atom is -0.308 e. The molecule has 108 valence electrons. The van der Waals surface area contributed by atoms with Gasteiger partial charge in [-0.25, -0.2) is 4.39 Å². The van der Waals surface area contributed by atoms with E-state index in [-0.39, 0.29) is 17.4 Å². The van der Waals surface area contributed by atoms with Crippen LogP contribution in [0.25, 0.3) is 0 Å². The van der Waals surface area contributed by atoms with Crippen molar-refractivity contribution >= 4 is 0 Å². The molecule has 0 aliphatic heterocycles. The van der Waals surface area contributed by atoms with Crippen molar-refractivity contribution in [2.24, 2.45) is 0 Å². The van der Waals surface area contributed by atoms with Gasteiger partial charge in [0, 0.05) is 5.54 Å². The van der Waals surface area contributed by atoms with E-state index >= 15 is 0 Å². The molecule has 0 aliphatic carbocycles. The lowest BCUT2D eigenvalue weighted by atomic mass is 9.83. The predicted octanol–water partition coefficient (Wildman–Crippen LogP) is 3.60. The molecule has 0 heterocycles. The largest absolute Gasteiger partial charge is 0.308 e. The van der Waals surface area contributed by atoms with Gasteiger partial charge in [-0.3, -0.25) is 0 Å². The predicted molar refractivity (Wildman–Crippen MR) is 79.8 cm³/mol. The number of hydrogen-bond donors (Lipinski definition) is 1. The van der Waals surface area contributed by atoms with E-state index < -0.39 is 0 Å². The van der Waals surface area contributed by atoms with Gasteiger partial charge >= 0.3 is 0 Å². The SMILES string of the molecule is CCCNC(c1cccc(F)c1)C(C)(CC)N(C)C. The summed E-state index contributed by atoms with van der Waals surface area (Å²) in [6.07, 6.45) is 2.07. The Morgan fingerprint density at radius 3 is 2.47 bits per heavy atom. The summed E-state index contributed by atoms with van der Waals surface area (Å²) in [5.74, 6) is -0.169. The van der Waals surface area contributed by atoms with E-state index in [1.54, 1.807) is 12.1 Å². The maximum absolute atomic E-state index is 13.5. The zero-order valence-electron chi connectivity index (χ0n) is 12.8. The Kier molecular flexibility index (Phi) is 5.95. The third kappa shape index (κ3) is 3.77. The highest BCUT2D eigenvalue weighted by atomic mass is 19.1. The first kappa shape index (κ1) is 16.1. The van der Waals surface area contributed by atoms with Crippen molar-refractivity contribution < 1.29 is 4.39 Å². The summed E-state index contributed by atoms with van der Waals surface area (Å²) in [4.78, 5) is 2.23. The van der Waals surface area contributed by atoms with Gasteiger partial charge < -0.3 is 10.2 Å². The first-order valence-electron chi connectivity index (χ1n) is 7.12. The van der Waals surface area contributed by atoms with Gasteiger partial charge in [0.25, 0.3) is 0 Å². The molecule has 0 saturated carbocycles. The van der Waals surface area contributed by atoms with E-state index in [1.165, 1.54) is 6.07 Å². The van der Waals surface area contributed by atoms with E-state index in [4.69, 9.17) is 0 Å². The molecule has 0 spiro atoms. The highest BCUT2D eigenvalue weighted by Crippen LogP contribution is 2.33. The molecule has 0 fully saturated rings. The Balaban J connectivity index is 3.13. The molecule has 2 unspecified atom stereocenters. The van der Waals surface area contributed by atoms with Crippen molar-refractivity contribution in [1.29, 1.82) is 0 Å². The summed E-state index contributed by atoms with van der Waals surface area (Å²) in [5.41, 5.74) is 0.981. The molecule has 1 N–H and O–H groups in total. The van der Waals surface area contributed by atoms with Crippen LogP contribution in [0.5, 0.6) is 0 Å². The number of benzene rings is 1. The molecule has 3 heteroatoms. The van der Waals surface area contributed by atoms with Crippen LogP contribution in [-0.4, -0.2) is 31.1 Å². The highest BCUT2D eigenvalue weighted by molar-refractivity contribution is 5.24. The average molecular weight is 266 g/mol. The van der Waals surface area contributed by atoms with Crippen LogP contribution in [0.1, 0.15) is 45.2 Å². The Morgan fingerprint density at radius 1 is 1.32 bits per heavy atom. The quantitative estimate of drug-likeness (QED) is 0.811. The lowest BCUT2D eigenvalue weighted by Crippen LogP contribution is -2.51. The van der Waals surface area contributed by atoms with Crippen molar-refractivity contribution in [2.45, 2.75) is 45.2 Å². The van der Waals surface area contributed by atoms with Crippen LogP contribution in [-0.2, 0) is 0 Å². The van der Waals surface area contributed by atoms with Crippen LogP contribution in [0.4, 0.5) is 4.39 Å². The molecule has 0 saturated heterocycles. The Morgan fingerprint density at radius 2 is 2.00 bits per heavy atom. The summed E-state index contributed by atoms with van der Waals surface area (Å²) < 4.78 is 13.5. The molecular formula is C16H27FN2. The van der Waals surface area contributed by atoms with Crippen LogP contribution in [0.15, 0.2) is 24.3 Å². The van der Waals surface area contributed by atoms with Crippen LogP contribution in [0, 0.1) is 5.82 Å². The maximum atomic E-state index is 13.5. The van der Waals surface area contributed by atoms with Gasteiger partial charge in [0.1, 0.15) is 5.82 Å². The van der Waals surface area contributed by atoms with Crippen molar-refractivity contribution in [3.63, 3.8) is 0 Å². The average Bonchev–Trinajstić information content (AvgIpc) is 2.38. The summed E-state index contributed by atoms with van der Waals surface area (Å²) in [7, 11) is 4.17. The number of nitrogens with zero attached hydrogens (tertiary/aromatic N) is 1. The van der Waals surface area contributed by atoms with Crippen LogP contribution < -0.4 is 5.32 Å². The third-order valence-electron chi connectivity index (χ3n) is 4.14. The number of halogens is 1. The summed E-state index contributed by atoms with van der Waals surface area (Å²) in [6.45, 7) is 7.49. The van der Waals surface area contributed by atoms with E-state index in [0.29, 0.717) is 0 Å². The number of hydrogen-bond acceptors (Lipinski definition) is 2. The van der Waals surface area contributed by atoms with Gasteiger partial charge in [-0.2, -0.15) is 0 Å². The van der Waals surface area contributed by atoms with E-state index in [9.17, 15) is 4.39 Å². The van der Waals surface area contributed by atoms with Crippen LogP contribution in [0.3, 0.4) is 0 Å². The van der Waals surface area contributed by atoms with E-state index in [1.807, 2.05) is 6.07 Å². The molecule has 0 aliphatic rings. The molecule has 0 radical (unpaired) electrons. The molecule has 19 heavy (non-hydrogen) atoms.